The lowest BCUT2D eigenvalue weighted by atomic mass is 10.1. The Morgan fingerprint density at radius 1 is 1.33 bits per heavy atom. The van der Waals surface area contributed by atoms with Gasteiger partial charge in [-0.25, -0.2) is 8.42 Å². The normalized spacial score (nSPS) is 19.0. The van der Waals surface area contributed by atoms with Crippen LogP contribution >= 0.6 is 0 Å². The molecule has 0 unspecified atom stereocenters. The molecule has 2 rings (SSSR count). The molecule has 0 aromatic carbocycles. The van der Waals surface area contributed by atoms with Gasteiger partial charge in [-0.05, 0) is 25.0 Å². The molecule has 1 saturated heterocycles. The van der Waals surface area contributed by atoms with Gasteiger partial charge in [0.15, 0.2) is 0 Å². The van der Waals surface area contributed by atoms with Crippen LogP contribution in [0, 0.1) is 0 Å². The van der Waals surface area contributed by atoms with Crippen LogP contribution in [0.5, 0.6) is 0 Å². The van der Waals surface area contributed by atoms with Crippen molar-refractivity contribution in [2.45, 2.75) is 23.8 Å². The number of sulfonamides is 1. The molecule has 0 atom stereocenters. The van der Waals surface area contributed by atoms with Gasteiger partial charge in [0, 0.05) is 32.4 Å². The topological polar surface area (TPSA) is 85.4 Å². The zero-order chi connectivity index (χ0) is 13.3. The molecule has 0 spiro atoms. The standard InChI is InChI=1S/C11H17N3O3S/c1-13-6-2-3-10(11(13)15)18(16,17)14-7-4-9(12)5-8-14/h2-3,6,9H,4-5,7-8,12H2,1H3. The highest BCUT2D eigenvalue weighted by atomic mass is 32.2. The molecule has 2 heterocycles. The fourth-order valence-electron chi connectivity index (χ4n) is 2.02. The Kier molecular flexibility index (Phi) is 3.56. The van der Waals surface area contributed by atoms with E-state index in [2.05, 4.69) is 0 Å². The van der Waals surface area contributed by atoms with Gasteiger partial charge in [0.25, 0.3) is 5.56 Å². The van der Waals surface area contributed by atoms with Crippen LogP contribution in [-0.2, 0) is 17.1 Å². The van der Waals surface area contributed by atoms with Crippen LogP contribution < -0.4 is 11.3 Å². The van der Waals surface area contributed by atoms with Crippen molar-refractivity contribution >= 4 is 10.0 Å². The third-order valence-electron chi connectivity index (χ3n) is 3.20. The third-order valence-corrected chi connectivity index (χ3v) is 5.12. The zero-order valence-corrected chi connectivity index (χ0v) is 11.1. The lowest BCUT2D eigenvalue weighted by Crippen LogP contribution is -2.44. The number of pyridine rings is 1. The molecule has 1 aliphatic heterocycles. The highest BCUT2D eigenvalue weighted by Gasteiger charge is 2.30. The minimum atomic E-state index is -3.69. The molecule has 100 valence electrons. The first-order chi connectivity index (χ1) is 8.43. The van der Waals surface area contributed by atoms with Crippen molar-refractivity contribution < 1.29 is 8.42 Å². The first kappa shape index (κ1) is 13.3. The summed E-state index contributed by atoms with van der Waals surface area (Å²) < 4.78 is 27.3. The molecule has 0 radical (unpaired) electrons. The Morgan fingerprint density at radius 3 is 2.56 bits per heavy atom. The van der Waals surface area contributed by atoms with E-state index in [4.69, 9.17) is 5.73 Å². The molecule has 1 aromatic rings. The highest BCUT2D eigenvalue weighted by molar-refractivity contribution is 7.89. The Bertz CT molecular complexity index is 586. The fourth-order valence-corrected chi connectivity index (χ4v) is 3.61. The van der Waals surface area contributed by atoms with E-state index in [1.807, 2.05) is 0 Å². The molecule has 18 heavy (non-hydrogen) atoms. The first-order valence-corrected chi connectivity index (χ1v) is 7.28. The monoisotopic (exact) mass is 271 g/mol. The number of aromatic nitrogens is 1. The number of hydrogen-bond acceptors (Lipinski definition) is 4. The van der Waals surface area contributed by atoms with Crippen LogP contribution in [0.3, 0.4) is 0 Å². The quantitative estimate of drug-likeness (QED) is 0.785. The second-order valence-electron chi connectivity index (χ2n) is 4.53. The molecule has 0 bridgehead atoms. The summed E-state index contributed by atoms with van der Waals surface area (Å²) in [5.74, 6) is 0. The number of hydrogen-bond donors (Lipinski definition) is 1. The zero-order valence-electron chi connectivity index (χ0n) is 10.2. The van der Waals surface area contributed by atoms with Crippen molar-refractivity contribution in [3.63, 3.8) is 0 Å². The minimum Gasteiger partial charge on any atom is -0.328 e. The predicted octanol–water partition coefficient (Wildman–Crippen LogP) is -0.503. The van der Waals surface area contributed by atoms with Crippen molar-refractivity contribution in [2.75, 3.05) is 13.1 Å². The largest absolute Gasteiger partial charge is 0.328 e. The van der Waals surface area contributed by atoms with Gasteiger partial charge in [0.2, 0.25) is 10.0 Å². The van der Waals surface area contributed by atoms with Gasteiger partial charge in [-0.15, -0.1) is 0 Å². The van der Waals surface area contributed by atoms with E-state index < -0.39 is 15.6 Å². The lowest BCUT2D eigenvalue weighted by molar-refractivity contribution is 0.319. The number of aryl methyl sites for hydroxylation is 1. The molecule has 0 aliphatic carbocycles. The van der Waals surface area contributed by atoms with Crippen LogP contribution in [0.25, 0.3) is 0 Å². The Morgan fingerprint density at radius 2 is 1.94 bits per heavy atom. The maximum Gasteiger partial charge on any atom is 0.270 e. The van der Waals surface area contributed by atoms with Gasteiger partial charge < -0.3 is 10.3 Å². The van der Waals surface area contributed by atoms with E-state index >= 15 is 0 Å². The molecule has 1 fully saturated rings. The Labute approximate surface area is 106 Å². The lowest BCUT2D eigenvalue weighted by Gasteiger charge is -2.29. The Balaban J connectivity index is 2.37. The van der Waals surface area contributed by atoms with Crippen LogP contribution in [0.4, 0.5) is 0 Å². The molecular weight excluding hydrogens is 254 g/mol. The third kappa shape index (κ3) is 2.33. The number of nitrogens with two attached hydrogens (primary N) is 1. The summed E-state index contributed by atoms with van der Waals surface area (Å²) in [5.41, 5.74) is 5.25. The van der Waals surface area contributed by atoms with Crippen molar-refractivity contribution in [1.82, 2.24) is 8.87 Å². The van der Waals surface area contributed by atoms with Crippen LogP contribution in [0.2, 0.25) is 0 Å². The number of piperidine rings is 1. The molecule has 6 nitrogen and oxygen atoms in total. The first-order valence-electron chi connectivity index (χ1n) is 5.84. The minimum absolute atomic E-state index is 0.0510. The van der Waals surface area contributed by atoms with E-state index in [1.54, 1.807) is 6.07 Å². The van der Waals surface area contributed by atoms with Gasteiger partial charge in [0.05, 0.1) is 0 Å². The second kappa shape index (κ2) is 4.83. The van der Waals surface area contributed by atoms with Gasteiger partial charge in [-0.1, -0.05) is 0 Å². The summed E-state index contributed by atoms with van der Waals surface area (Å²) in [4.78, 5) is 11.7. The number of nitrogens with zero attached hydrogens (tertiary/aromatic N) is 2. The summed E-state index contributed by atoms with van der Waals surface area (Å²) in [6.07, 6.45) is 2.80. The predicted molar refractivity (Wildman–Crippen MR) is 67.7 cm³/mol. The summed E-state index contributed by atoms with van der Waals surface area (Å²) in [7, 11) is -2.16. The Hall–Kier alpha value is -1.18. The average molecular weight is 271 g/mol. The number of rotatable bonds is 2. The summed E-state index contributed by atoms with van der Waals surface area (Å²) in [5, 5.41) is 0. The highest BCUT2D eigenvalue weighted by Crippen LogP contribution is 2.17. The molecule has 1 aromatic heterocycles. The molecule has 0 amide bonds. The molecular formula is C11H17N3O3S. The van der Waals surface area contributed by atoms with E-state index in [1.165, 1.54) is 28.2 Å². The van der Waals surface area contributed by atoms with Crippen molar-refractivity contribution in [3.05, 3.63) is 28.7 Å². The average Bonchev–Trinajstić information content (AvgIpc) is 2.33. The van der Waals surface area contributed by atoms with Crippen LogP contribution in [0.15, 0.2) is 28.0 Å². The van der Waals surface area contributed by atoms with E-state index in [9.17, 15) is 13.2 Å². The van der Waals surface area contributed by atoms with E-state index in [0.717, 1.165) is 0 Å². The summed E-state index contributed by atoms with van der Waals surface area (Å²) in [6.45, 7) is 0.753. The van der Waals surface area contributed by atoms with Crippen molar-refractivity contribution in [2.24, 2.45) is 12.8 Å². The molecule has 1 aliphatic rings. The smallest absolute Gasteiger partial charge is 0.270 e. The maximum absolute atomic E-state index is 12.3. The fraction of sp³-hybridized carbons (Fsp3) is 0.545. The van der Waals surface area contributed by atoms with Gasteiger partial charge >= 0.3 is 0 Å². The van der Waals surface area contributed by atoms with E-state index in [-0.39, 0.29) is 10.9 Å². The van der Waals surface area contributed by atoms with E-state index in [0.29, 0.717) is 25.9 Å². The molecule has 2 N–H and O–H groups in total. The summed E-state index contributed by atoms with van der Waals surface area (Å²) >= 11 is 0. The summed E-state index contributed by atoms with van der Waals surface area (Å²) in [6, 6.07) is 2.96. The molecule has 0 saturated carbocycles. The van der Waals surface area contributed by atoms with Crippen molar-refractivity contribution in [3.8, 4) is 0 Å². The van der Waals surface area contributed by atoms with Crippen molar-refractivity contribution in [1.29, 1.82) is 0 Å². The van der Waals surface area contributed by atoms with Gasteiger partial charge in [-0.3, -0.25) is 4.79 Å². The van der Waals surface area contributed by atoms with Gasteiger partial charge in [-0.2, -0.15) is 4.31 Å². The van der Waals surface area contributed by atoms with Crippen LogP contribution in [0.1, 0.15) is 12.8 Å². The second-order valence-corrected chi connectivity index (χ2v) is 6.44. The molecule has 7 heteroatoms. The van der Waals surface area contributed by atoms with Gasteiger partial charge in [0.1, 0.15) is 4.90 Å². The maximum atomic E-state index is 12.3. The van der Waals surface area contributed by atoms with Crippen LogP contribution in [-0.4, -0.2) is 36.4 Å². The SMILES string of the molecule is Cn1cccc(S(=O)(=O)N2CCC(N)CC2)c1=O.